The third-order valence-electron chi connectivity index (χ3n) is 5.88. The SMILES string of the molecule is Cc1cncc(CNc2cc(-n3ccnc3Nc3cc(NC(=O)c4cccc(CF)c4)ccc3C)ncn2)n1. The fourth-order valence-corrected chi connectivity index (χ4v) is 3.89. The monoisotopic (exact) mass is 523 g/mol. The minimum absolute atomic E-state index is 0.320. The summed E-state index contributed by atoms with van der Waals surface area (Å²) in [7, 11) is 0. The molecule has 0 aliphatic rings. The number of amides is 1. The number of imidazole rings is 1. The van der Waals surface area contributed by atoms with Crippen molar-refractivity contribution < 1.29 is 9.18 Å². The Kier molecular flexibility index (Phi) is 7.48. The standard InChI is InChI=1S/C28H26FN9O/c1-18-6-7-22(36-27(39)21-5-3-4-20(10-21)13-29)11-24(18)37-28-31-8-9-38(28)26-12-25(33-17-34-26)32-16-23-15-30-14-19(2)35-23/h3-12,14-15,17H,13,16H2,1-2H3,(H,31,37)(H,36,39)(H,32,33,34). The smallest absolute Gasteiger partial charge is 0.255 e. The number of anilines is 4. The fraction of sp³-hybridized carbons (Fsp3) is 0.143. The van der Waals surface area contributed by atoms with Crippen LogP contribution >= 0.6 is 0 Å². The molecule has 0 unspecified atom stereocenters. The van der Waals surface area contributed by atoms with Crippen molar-refractivity contribution in [1.82, 2.24) is 29.5 Å². The number of nitrogens with zero attached hydrogens (tertiary/aromatic N) is 6. The second-order valence-electron chi connectivity index (χ2n) is 8.83. The van der Waals surface area contributed by atoms with Crippen molar-refractivity contribution in [3.63, 3.8) is 0 Å². The molecule has 196 valence electrons. The minimum Gasteiger partial charge on any atom is -0.364 e. The molecule has 39 heavy (non-hydrogen) atoms. The molecule has 0 saturated heterocycles. The summed E-state index contributed by atoms with van der Waals surface area (Å²) in [4.78, 5) is 34.5. The number of nitrogens with one attached hydrogen (secondary N) is 3. The van der Waals surface area contributed by atoms with Crippen LogP contribution in [0.4, 0.5) is 27.5 Å². The Morgan fingerprint density at radius 3 is 2.77 bits per heavy atom. The summed E-state index contributed by atoms with van der Waals surface area (Å²) in [6.45, 7) is 3.69. The van der Waals surface area contributed by atoms with Crippen molar-refractivity contribution in [1.29, 1.82) is 0 Å². The topological polar surface area (TPSA) is 123 Å². The van der Waals surface area contributed by atoms with Crippen molar-refractivity contribution in [3.8, 4) is 5.82 Å². The van der Waals surface area contributed by atoms with E-state index < -0.39 is 6.67 Å². The van der Waals surface area contributed by atoms with Crippen LogP contribution in [0.3, 0.4) is 0 Å². The first kappa shape index (κ1) is 25.5. The quantitative estimate of drug-likeness (QED) is 0.243. The number of halogens is 1. The molecule has 0 spiro atoms. The van der Waals surface area contributed by atoms with Crippen molar-refractivity contribution in [2.24, 2.45) is 0 Å². The largest absolute Gasteiger partial charge is 0.364 e. The highest BCUT2D eigenvalue weighted by atomic mass is 19.1. The molecule has 3 N–H and O–H groups in total. The summed E-state index contributed by atoms with van der Waals surface area (Å²) in [6.07, 6.45) is 8.35. The van der Waals surface area contributed by atoms with E-state index in [-0.39, 0.29) is 5.91 Å². The van der Waals surface area contributed by atoms with E-state index >= 15 is 0 Å². The average molecular weight is 524 g/mol. The molecule has 3 aromatic heterocycles. The Hall–Kier alpha value is -5.19. The predicted molar refractivity (Wildman–Crippen MR) is 147 cm³/mol. The van der Waals surface area contributed by atoms with Crippen molar-refractivity contribution in [3.05, 3.63) is 108 Å². The second kappa shape index (κ2) is 11.5. The third kappa shape index (κ3) is 6.21. The van der Waals surface area contributed by atoms with Crippen LogP contribution in [-0.4, -0.2) is 35.4 Å². The molecule has 0 radical (unpaired) electrons. The molecular formula is C28H26FN9O. The lowest BCUT2D eigenvalue weighted by Crippen LogP contribution is -2.12. The van der Waals surface area contributed by atoms with E-state index in [1.165, 1.54) is 6.33 Å². The van der Waals surface area contributed by atoms with Crippen molar-refractivity contribution in [2.75, 3.05) is 16.0 Å². The Morgan fingerprint density at radius 1 is 1.03 bits per heavy atom. The molecule has 0 aliphatic heterocycles. The number of carbonyl (C=O) groups excluding carboxylic acids is 1. The maximum absolute atomic E-state index is 13.0. The summed E-state index contributed by atoms with van der Waals surface area (Å²) >= 11 is 0. The molecule has 3 heterocycles. The van der Waals surface area contributed by atoms with Crippen LogP contribution in [-0.2, 0) is 13.2 Å². The van der Waals surface area contributed by atoms with E-state index in [0.717, 1.165) is 22.6 Å². The van der Waals surface area contributed by atoms with Crippen LogP contribution in [0.2, 0.25) is 0 Å². The highest BCUT2D eigenvalue weighted by Crippen LogP contribution is 2.25. The van der Waals surface area contributed by atoms with E-state index in [1.54, 1.807) is 53.6 Å². The Bertz CT molecular complexity index is 1620. The zero-order chi connectivity index (χ0) is 27.2. The lowest BCUT2D eigenvalue weighted by atomic mass is 10.1. The van der Waals surface area contributed by atoms with Crippen LogP contribution in [0.15, 0.2) is 79.6 Å². The van der Waals surface area contributed by atoms with Crippen LogP contribution in [0.5, 0.6) is 0 Å². The van der Waals surface area contributed by atoms with Gasteiger partial charge >= 0.3 is 0 Å². The van der Waals surface area contributed by atoms with E-state index in [2.05, 4.69) is 40.9 Å². The van der Waals surface area contributed by atoms with Gasteiger partial charge in [-0.2, -0.15) is 0 Å². The maximum Gasteiger partial charge on any atom is 0.255 e. The van der Waals surface area contributed by atoms with E-state index in [4.69, 9.17) is 0 Å². The molecule has 5 rings (SSSR count). The number of hydrogen-bond donors (Lipinski definition) is 3. The molecule has 0 atom stereocenters. The Labute approximate surface area is 224 Å². The molecule has 10 nitrogen and oxygen atoms in total. The zero-order valence-corrected chi connectivity index (χ0v) is 21.4. The van der Waals surface area contributed by atoms with Gasteiger partial charge in [-0.15, -0.1) is 0 Å². The molecular weight excluding hydrogens is 497 g/mol. The number of aromatic nitrogens is 6. The number of rotatable bonds is 9. The van der Waals surface area contributed by atoms with Gasteiger partial charge in [0.25, 0.3) is 5.91 Å². The highest BCUT2D eigenvalue weighted by molar-refractivity contribution is 6.04. The molecule has 0 saturated carbocycles. The summed E-state index contributed by atoms with van der Waals surface area (Å²) in [5.41, 5.74) is 4.78. The molecule has 2 aromatic carbocycles. The zero-order valence-electron chi connectivity index (χ0n) is 21.4. The van der Waals surface area contributed by atoms with Gasteiger partial charge in [0.15, 0.2) is 0 Å². The van der Waals surface area contributed by atoms with E-state index in [1.807, 2.05) is 38.1 Å². The summed E-state index contributed by atoms with van der Waals surface area (Å²) < 4.78 is 14.8. The first-order chi connectivity index (χ1) is 19.0. The molecule has 5 aromatic rings. The summed E-state index contributed by atoms with van der Waals surface area (Å²) in [6, 6.07) is 13.8. The van der Waals surface area contributed by atoms with Gasteiger partial charge in [-0.25, -0.2) is 19.3 Å². The number of carbonyl (C=O) groups is 1. The summed E-state index contributed by atoms with van der Waals surface area (Å²) in [5, 5.41) is 9.45. The fourth-order valence-electron chi connectivity index (χ4n) is 3.89. The van der Waals surface area contributed by atoms with Crippen LogP contribution in [0.25, 0.3) is 5.82 Å². The van der Waals surface area contributed by atoms with Gasteiger partial charge in [-0.05, 0) is 49.2 Å². The lowest BCUT2D eigenvalue weighted by molar-refractivity contribution is 0.102. The number of hydrogen-bond acceptors (Lipinski definition) is 8. The highest BCUT2D eigenvalue weighted by Gasteiger charge is 2.12. The van der Waals surface area contributed by atoms with Crippen molar-refractivity contribution >= 4 is 29.0 Å². The second-order valence-corrected chi connectivity index (χ2v) is 8.83. The summed E-state index contributed by atoms with van der Waals surface area (Å²) in [5.74, 6) is 1.45. The molecule has 0 fully saturated rings. The Balaban J connectivity index is 1.32. The Morgan fingerprint density at radius 2 is 1.92 bits per heavy atom. The van der Waals surface area contributed by atoms with Gasteiger partial charge in [0, 0.05) is 41.6 Å². The van der Waals surface area contributed by atoms with Crippen molar-refractivity contribution in [2.45, 2.75) is 27.1 Å². The lowest BCUT2D eigenvalue weighted by Gasteiger charge is -2.14. The van der Waals surface area contributed by atoms with Crippen LogP contribution in [0, 0.1) is 13.8 Å². The van der Waals surface area contributed by atoms with Gasteiger partial charge in [0.1, 0.15) is 24.6 Å². The van der Waals surface area contributed by atoms with Gasteiger partial charge in [0.05, 0.1) is 24.1 Å². The number of alkyl halides is 1. The average Bonchev–Trinajstić information content (AvgIpc) is 3.42. The van der Waals surface area contributed by atoms with Crippen LogP contribution in [0.1, 0.15) is 32.9 Å². The maximum atomic E-state index is 13.0. The molecule has 0 aliphatic carbocycles. The van der Waals surface area contributed by atoms with Crippen LogP contribution < -0.4 is 16.0 Å². The predicted octanol–water partition coefficient (Wildman–Crippen LogP) is 5.15. The molecule has 0 bridgehead atoms. The molecule has 11 heteroatoms. The van der Waals surface area contributed by atoms with Gasteiger partial charge in [-0.1, -0.05) is 18.2 Å². The normalized spacial score (nSPS) is 10.7. The van der Waals surface area contributed by atoms with Gasteiger partial charge in [0.2, 0.25) is 5.95 Å². The first-order valence-electron chi connectivity index (χ1n) is 12.2. The minimum atomic E-state index is -0.627. The number of aryl methyl sites for hydroxylation is 2. The van der Waals surface area contributed by atoms with Gasteiger partial charge < -0.3 is 16.0 Å². The third-order valence-corrected chi connectivity index (χ3v) is 5.88. The van der Waals surface area contributed by atoms with E-state index in [9.17, 15) is 9.18 Å². The molecule has 1 amide bonds. The first-order valence-corrected chi connectivity index (χ1v) is 12.2. The number of benzene rings is 2. The van der Waals surface area contributed by atoms with E-state index in [0.29, 0.717) is 40.9 Å². The van der Waals surface area contributed by atoms with Gasteiger partial charge in [-0.3, -0.25) is 19.3 Å².